The van der Waals surface area contributed by atoms with E-state index < -0.39 is 5.79 Å². The molecule has 0 spiro atoms. The fourth-order valence-corrected chi connectivity index (χ4v) is 6.72. The lowest BCUT2D eigenvalue weighted by atomic mass is 9.95. The third kappa shape index (κ3) is 3.63. The van der Waals surface area contributed by atoms with Crippen LogP contribution in [-0.4, -0.2) is 10.4 Å². The van der Waals surface area contributed by atoms with Crippen molar-refractivity contribution in [2.45, 2.75) is 19.6 Å². The Bertz CT molecular complexity index is 2340. The predicted molar refractivity (Wildman–Crippen MR) is 174 cm³/mol. The van der Waals surface area contributed by atoms with Gasteiger partial charge < -0.3 is 18.5 Å². The molecule has 0 N–H and O–H groups in total. The molecule has 0 atom stereocenters. The molecule has 1 aliphatic rings. The van der Waals surface area contributed by atoms with Crippen molar-refractivity contribution in [3.8, 4) is 39.4 Å². The van der Waals surface area contributed by atoms with Crippen molar-refractivity contribution in [1.29, 1.82) is 0 Å². The first-order chi connectivity index (χ1) is 21.0. The fraction of sp³-hybridized carbons (Fsp3) is 0.0769. The van der Waals surface area contributed by atoms with Crippen molar-refractivity contribution >= 4 is 43.7 Å². The largest absolute Gasteiger partial charge is 0.456 e. The van der Waals surface area contributed by atoms with E-state index >= 15 is 0 Å². The Kier molecular flexibility index (Phi) is 4.92. The molecule has 0 unspecified atom stereocenters. The smallest absolute Gasteiger partial charge is 0.245 e. The van der Waals surface area contributed by atoms with Crippen LogP contribution in [0.4, 0.5) is 0 Å². The number of hydrogen-bond acceptors (Lipinski definition) is 3. The minimum Gasteiger partial charge on any atom is -0.456 e. The number of nitrogens with zero attached hydrogens (tertiary/aromatic N) is 1. The second-order valence-corrected chi connectivity index (χ2v) is 11.6. The second kappa shape index (κ2) is 8.76. The fourth-order valence-electron chi connectivity index (χ4n) is 6.72. The highest BCUT2D eigenvalue weighted by Gasteiger charge is 2.30. The van der Waals surface area contributed by atoms with E-state index in [1.165, 1.54) is 21.8 Å². The first-order valence-electron chi connectivity index (χ1n) is 14.6. The summed E-state index contributed by atoms with van der Waals surface area (Å²) < 4.78 is 21.6. The molecular weight excluding hydrogens is 530 g/mol. The van der Waals surface area contributed by atoms with Gasteiger partial charge >= 0.3 is 0 Å². The van der Waals surface area contributed by atoms with Crippen molar-refractivity contribution in [3.05, 3.63) is 127 Å². The molecule has 0 aliphatic carbocycles. The maximum Gasteiger partial charge on any atom is 0.245 e. The molecule has 2 aromatic heterocycles. The van der Waals surface area contributed by atoms with Crippen LogP contribution in [0.1, 0.15) is 13.8 Å². The first-order valence-corrected chi connectivity index (χ1v) is 14.6. The van der Waals surface area contributed by atoms with Crippen molar-refractivity contribution < 1.29 is 13.9 Å². The van der Waals surface area contributed by atoms with Crippen LogP contribution < -0.4 is 9.47 Å². The van der Waals surface area contributed by atoms with Crippen LogP contribution in [0.25, 0.3) is 71.7 Å². The minimum atomic E-state index is -0.860. The zero-order chi connectivity index (χ0) is 28.7. The van der Waals surface area contributed by atoms with E-state index in [9.17, 15) is 0 Å². The normalized spacial score (nSPS) is 13.9. The topological polar surface area (TPSA) is 36.5 Å². The molecule has 8 aromatic rings. The molecule has 0 saturated carbocycles. The molecule has 0 saturated heterocycles. The monoisotopic (exact) mass is 557 g/mol. The lowest BCUT2D eigenvalue weighted by Gasteiger charge is -2.26. The van der Waals surface area contributed by atoms with E-state index in [1.807, 2.05) is 38.1 Å². The van der Waals surface area contributed by atoms with Gasteiger partial charge in [-0.1, -0.05) is 72.8 Å². The maximum absolute atomic E-state index is 6.59. The van der Waals surface area contributed by atoms with E-state index in [0.29, 0.717) is 0 Å². The standard InChI is InChI=1S/C39H27NO3/c1-39(2)42-35-21-19-25(40-32-14-6-3-10-27(32)28-11-4-7-15-33(28)40)23-31(35)29-20-18-24(22-37(29)43-39)26-13-9-17-36-38(26)30-12-5-8-16-34(30)41-36/h3-23H,1-2H3. The highest BCUT2D eigenvalue weighted by molar-refractivity contribution is 6.12. The molecule has 0 bridgehead atoms. The minimum absolute atomic E-state index is 0.783. The predicted octanol–water partition coefficient (Wildman–Crippen LogP) is 10.5. The second-order valence-electron chi connectivity index (χ2n) is 11.6. The molecule has 1 aliphatic heterocycles. The lowest BCUT2D eigenvalue weighted by Crippen LogP contribution is -2.34. The van der Waals surface area contributed by atoms with Crippen molar-refractivity contribution in [2.75, 3.05) is 0 Å². The molecule has 4 heteroatoms. The van der Waals surface area contributed by atoms with Crippen LogP contribution in [0.3, 0.4) is 0 Å². The number of hydrogen-bond donors (Lipinski definition) is 0. The van der Waals surface area contributed by atoms with Crippen LogP contribution in [0.5, 0.6) is 11.5 Å². The summed E-state index contributed by atoms with van der Waals surface area (Å²) in [4.78, 5) is 0. The molecule has 0 radical (unpaired) electrons. The molecule has 0 amide bonds. The third-order valence-corrected chi connectivity index (χ3v) is 8.50. The van der Waals surface area contributed by atoms with E-state index in [2.05, 4.69) is 108 Å². The van der Waals surface area contributed by atoms with Crippen LogP contribution in [-0.2, 0) is 0 Å². The van der Waals surface area contributed by atoms with Gasteiger partial charge in [0, 0.05) is 52.2 Å². The number of rotatable bonds is 2. The summed E-state index contributed by atoms with van der Waals surface area (Å²) in [5, 5.41) is 4.68. The molecule has 43 heavy (non-hydrogen) atoms. The van der Waals surface area contributed by atoms with Gasteiger partial charge in [-0.15, -0.1) is 0 Å². The summed E-state index contributed by atoms with van der Waals surface area (Å²) in [6.45, 7) is 3.92. The zero-order valence-electron chi connectivity index (χ0n) is 23.8. The average Bonchev–Trinajstić information content (AvgIpc) is 3.54. The Morgan fingerprint density at radius 1 is 0.512 bits per heavy atom. The Morgan fingerprint density at radius 2 is 1.19 bits per heavy atom. The summed E-state index contributed by atoms with van der Waals surface area (Å²) in [5.74, 6) is 0.718. The van der Waals surface area contributed by atoms with E-state index in [0.717, 1.165) is 61.4 Å². The van der Waals surface area contributed by atoms with Gasteiger partial charge in [-0.05, 0) is 65.7 Å². The van der Waals surface area contributed by atoms with Crippen LogP contribution >= 0.6 is 0 Å². The Balaban J connectivity index is 1.26. The summed E-state index contributed by atoms with van der Waals surface area (Å²) in [5.41, 5.74) is 9.34. The quantitative estimate of drug-likeness (QED) is 0.212. The number of fused-ring (bicyclic) bond motifs is 9. The first kappa shape index (κ1) is 24.2. The molecule has 0 fully saturated rings. The Labute approximate surface area is 248 Å². The number of para-hydroxylation sites is 3. The third-order valence-electron chi connectivity index (χ3n) is 8.50. The summed E-state index contributed by atoms with van der Waals surface area (Å²) in [6.07, 6.45) is 0. The maximum atomic E-state index is 6.59. The molecule has 9 rings (SSSR count). The van der Waals surface area contributed by atoms with Crippen LogP contribution in [0.15, 0.2) is 132 Å². The summed E-state index contributed by atoms with van der Waals surface area (Å²) >= 11 is 0. The van der Waals surface area contributed by atoms with Crippen LogP contribution in [0, 0.1) is 0 Å². The van der Waals surface area contributed by atoms with Gasteiger partial charge in [-0.2, -0.15) is 0 Å². The summed E-state index contributed by atoms with van der Waals surface area (Å²) in [6, 6.07) is 44.5. The number of ether oxygens (including phenoxy) is 2. The van der Waals surface area contributed by atoms with Crippen molar-refractivity contribution in [3.63, 3.8) is 0 Å². The van der Waals surface area contributed by atoms with Gasteiger partial charge in [-0.25, -0.2) is 0 Å². The highest BCUT2D eigenvalue weighted by Crippen LogP contribution is 2.46. The van der Waals surface area contributed by atoms with Gasteiger partial charge in [0.05, 0.1) is 11.0 Å². The highest BCUT2D eigenvalue weighted by atomic mass is 16.7. The van der Waals surface area contributed by atoms with Gasteiger partial charge in [-0.3, -0.25) is 0 Å². The summed E-state index contributed by atoms with van der Waals surface area (Å²) in [7, 11) is 0. The van der Waals surface area contributed by atoms with Crippen molar-refractivity contribution in [2.24, 2.45) is 0 Å². The van der Waals surface area contributed by atoms with Gasteiger partial charge in [0.15, 0.2) is 0 Å². The molecule has 3 heterocycles. The van der Waals surface area contributed by atoms with Gasteiger partial charge in [0.25, 0.3) is 0 Å². The molecule has 4 nitrogen and oxygen atoms in total. The SMILES string of the molecule is CC1(C)Oc2cc(-c3cccc4oc5ccccc5c34)ccc2-c2cc(-n3c4ccccc4c4ccccc43)ccc2O1. The van der Waals surface area contributed by atoms with Crippen molar-refractivity contribution in [1.82, 2.24) is 4.57 Å². The number of furan rings is 1. The van der Waals surface area contributed by atoms with E-state index in [1.54, 1.807) is 0 Å². The Hall–Kier alpha value is -5.48. The molecule has 206 valence electrons. The average molecular weight is 558 g/mol. The Morgan fingerprint density at radius 3 is 1.98 bits per heavy atom. The van der Waals surface area contributed by atoms with E-state index in [-0.39, 0.29) is 0 Å². The molecule has 6 aromatic carbocycles. The van der Waals surface area contributed by atoms with Crippen LogP contribution in [0.2, 0.25) is 0 Å². The number of benzene rings is 6. The van der Waals surface area contributed by atoms with Gasteiger partial charge in [0.1, 0.15) is 22.7 Å². The number of aromatic nitrogens is 1. The lowest BCUT2D eigenvalue weighted by molar-refractivity contribution is -0.0778. The molecular formula is C39H27NO3. The van der Waals surface area contributed by atoms with E-state index in [4.69, 9.17) is 13.9 Å². The van der Waals surface area contributed by atoms with Gasteiger partial charge in [0.2, 0.25) is 5.79 Å². The zero-order valence-corrected chi connectivity index (χ0v) is 23.8.